The maximum absolute atomic E-state index is 5.84. The van der Waals surface area contributed by atoms with Gasteiger partial charge in [0.15, 0.2) is 0 Å². The van der Waals surface area contributed by atoms with Gasteiger partial charge in [0.2, 0.25) is 0 Å². The molecule has 21 heavy (non-hydrogen) atoms. The Balaban J connectivity index is 1.96. The van der Waals surface area contributed by atoms with E-state index in [1.165, 1.54) is 0 Å². The van der Waals surface area contributed by atoms with Crippen molar-refractivity contribution in [3.63, 3.8) is 0 Å². The van der Waals surface area contributed by atoms with E-state index in [1.807, 2.05) is 48.6 Å². The first kappa shape index (κ1) is 15.8. The van der Waals surface area contributed by atoms with Crippen molar-refractivity contribution in [1.29, 1.82) is 0 Å². The molecule has 1 heterocycles. The van der Waals surface area contributed by atoms with Crippen LogP contribution in [0.5, 0.6) is 0 Å². The Labute approximate surface area is 127 Å². The molecule has 0 N–H and O–H groups in total. The molecule has 0 atom stereocenters. The molecule has 1 aromatic carbocycles. The van der Waals surface area contributed by atoms with Crippen LogP contribution in [0.4, 0.5) is 0 Å². The van der Waals surface area contributed by atoms with Crippen molar-refractivity contribution < 1.29 is 14.2 Å². The van der Waals surface area contributed by atoms with Gasteiger partial charge in [0.05, 0.1) is 19.5 Å². The molecule has 0 saturated heterocycles. The standard InChI is InChI=1S/C18H24O3/c1-2-3-7-13-18(19-14-8-9-15-20-18)21-16-12-17-10-5-4-6-11-17/h4-6,8-12,16H,2-3,7,13-15H2,1H3. The van der Waals surface area contributed by atoms with E-state index in [-0.39, 0.29) is 0 Å². The van der Waals surface area contributed by atoms with E-state index in [0.29, 0.717) is 13.2 Å². The molecule has 0 fully saturated rings. The summed E-state index contributed by atoms with van der Waals surface area (Å²) in [5, 5.41) is 0. The summed E-state index contributed by atoms with van der Waals surface area (Å²) in [6.07, 6.45) is 11.6. The molecule has 3 nitrogen and oxygen atoms in total. The molecule has 0 aliphatic carbocycles. The Morgan fingerprint density at radius 1 is 1.10 bits per heavy atom. The van der Waals surface area contributed by atoms with Gasteiger partial charge in [-0.3, -0.25) is 0 Å². The van der Waals surface area contributed by atoms with Gasteiger partial charge in [-0.15, -0.1) is 0 Å². The maximum atomic E-state index is 5.84. The van der Waals surface area contributed by atoms with Crippen LogP contribution in [0.1, 0.15) is 38.2 Å². The Morgan fingerprint density at radius 2 is 1.81 bits per heavy atom. The van der Waals surface area contributed by atoms with Crippen LogP contribution >= 0.6 is 0 Å². The van der Waals surface area contributed by atoms with E-state index in [2.05, 4.69) is 6.92 Å². The molecule has 2 rings (SSSR count). The summed E-state index contributed by atoms with van der Waals surface area (Å²) < 4.78 is 17.4. The topological polar surface area (TPSA) is 27.7 Å². The van der Waals surface area contributed by atoms with Crippen LogP contribution in [0.3, 0.4) is 0 Å². The van der Waals surface area contributed by atoms with Gasteiger partial charge in [-0.05, 0) is 18.1 Å². The molecule has 0 bridgehead atoms. The van der Waals surface area contributed by atoms with Gasteiger partial charge in [-0.2, -0.15) is 0 Å². The number of benzene rings is 1. The maximum Gasteiger partial charge on any atom is 0.326 e. The first-order valence-corrected chi connectivity index (χ1v) is 7.67. The van der Waals surface area contributed by atoms with Crippen molar-refractivity contribution in [1.82, 2.24) is 0 Å². The number of hydrogen-bond acceptors (Lipinski definition) is 3. The Hall–Kier alpha value is -1.58. The third kappa shape index (κ3) is 5.37. The third-order valence-corrected chi connectivity index (χ3v) is 3.36. The largest absolute Gasteiger partial charge is 0.447 e. The van der Waals surface area contributed by atoms with E-state index in [4.69, 9.17) is 14.2 Å². The van der Waals surface area contributed by atoms with E-state index in [1.54, 1.807) is 6.26 Å². The van der Waals surface area contributed by atoms with Gasteiger partial charge in [-0.25, -0.2) is 0 Å². The lowest BCUT2D eigenvalue weighted by molar-refractivity contribution is -0.354. The second-order valence-electron chi connectivity index (χ2n) is 5.06. The second-order valence-corrected chi connectivity index (χ2v) is 5.06. The van der Waals surface area contributed by atoms with Gasteiger partial charge in [-0.1, -0.05) is 62.2 Å². The molecule has 0 spiro atoms. The summed E-state index contributed by atoms with van der Waals surface area (Å²) in [4.78, 5) is 0. The highest BCUT2D eigenvalue weighted by Gasteiger charge is 2.33. The van der Waals surface area contributed by atoms with Crippen LogP contribution in [0, 0.1) is 0 Å². The molecule has 3 heteroatoms. The SMILES string of the molecule is CCCCCC1(OC=Cc2ccccc2)OCC=CCO1. The van der Waals surface area contributed by atoms with Crippen molar-refractivity contribution in [2.24, 2.45) is 0 Å². The molecular formula is C18H24O3. The highest BCUT2D eigenvalue weighted by atomic mass is 16.9. The highest BCUT2D eigenvalue weighted by Crippen LogP contribution is 2.26. The zero-order chi connectivity index (χ0) is 14.8. The molecular weight excluding hydrogens is 264 g/mol. The summed E-state index contributed by atoms with van der Waals surface area (Å²) in [7, 11) is 0. The summed E-state index contributed by atoms with van der Waals surface area (Å²) in [5.41, 5.74) is 1.09. The van der Waals surface area contributed by atoms with Crippen molar-refractivity contribution >= 4 is 6.08 Å². The molecule has 1 aliphatic heterocycles. The first-order chi connectivity index (χ1) is 10.3. The van der Waals surface area contributed by atoms with Gasteiger partial charge < -0.3 is 14.2 Å². The average Bonchev–Trinajstić information content (AvgIpc) is 2.75. The average molecular weight is 288 g/mol. The van der Waals surface area contributed by atoms with Crippen molar-refractivity contribution in [2.75, 3.05) is 13.2 Å². The molecule has 0 aromatic heterocycles. The minimum absolute atomic E-state index is 0.519. The molecule has 0 unspecified atom stereocenters. The van der Waals surface area contributed by atoms with Crippen LogP contribution in [0.2, 0.25) is 0 Å². The van der Waals surface area contributed by atoms with E-state index < -0.39 is 5.97 Å². The summed E-state index contributed by atoms with van der Waals surface area (Å²) >= 11 is 0. The van der Waals surface area contributed by atoms with Crippen LogP contribution in [-0.2, 0) is 14.2 Å². The second kappa shape index (κ2) is 8.65. The van der Waals surface area contributed by atoms with Crippen molar-refractivity contribution in [3.8, 4) is 0 Å². The molecule has 0 radical (unpaired) electrons. The monoisotopic (exact) mass is 288 g/mol. The fourth-order valence-electron chi connectivity index (χ4n) is 2.17. The van der Waals surface area contributed by atoms with Crippen LogP contribution in [0.15, 0.2) is 48.7 Å². The fourth-order valence-corrected chi connectivity index (χ4v) is 2.17. The Morgan fingerprint density at radius 3 is 2.48 bits per heavy atom. The smallest absolute Gasteiger partial charge is 0.326 e. The van der Waals surface area contributed by atoms with Gasteiger partial charge >= 0.3 is 5.97 Å². The zero-order valence-corrected chi connectivity index (χ0v) is 12.7. The summed E-state index contributed by atoms with van der Waals surface area (Å²) in [6, 6.07) is 10.0. The van der Waals surface area contributed by atoms with Gasteiger partial charge in [0, 0.05) is 6.42 Å². The number of rotatable bonds is 7. The lowest BCUT2D eigenvalue weighted by Crippen LogP contribution is -2.37. The van der Waals surface area contributed by atoms with E-state index in [9.17, 15) is 0 Å². The molecule has 1 aliphatic rings. The van der Waals surface area contributed by atoms with Gasteiger partial charge in [0.25, 0.3) is 0 Å². The van der Waals surface area contributed by atoms with Crippen LogP contribution in [-0.4, -0.2) is 19.2 Å². The van der Waals surface area contributed by atoms with Crippen molar-refractivity contribution in [3.05, 3.63) is 54.3 Å². The third-order valence-electron chi connectivity index (χ3n) is 3.36. The predicted octanol–water partition coefficient (Wildman–Crippen LogP) is 4.51. The lowest BCUT2D eigenvalue weighted by atomic mass is 10.2. The van der Waals surface area contributed by atoms with Crippen molar-refractivity contribution in [2.45, 2.75) is 38.6 Å². The van der Waals surface area contributed by atoms with E-state index in [0.717, 1.165) is 31.2 Å². The minimum Gasteiger partial charge on any atom is -0.447 e. The Kier molecular flexibility index (Phi) is 6.51. The summed E-state index contributed by atoms with van der Waals surface area (Å²) in [5.74, 6) is -0.954. The fraction of sp³-hybridized carbons (Fsp3) is 0.444. The lowest BCUT2D eigenvalue weighted by Gasteiger charge is -2.30. The molecule has 0 saturated carbocycles. The van der Waals surface area contributed by atoms with E-state index >= 15 is 0 Å². The van der Waals surface area contributed by atoms with Crippen LogP contribution < -0.4 is 0 Å². The quantitative estimate of drug-likeness (QED) is 0.420. The molecule has 0 amide bonds. The predicted molar refractivity (Wildman–Crippen MR) is 84.5 cm³/mol. The van der Waals surface area contributed by atoms with Crippen LogP contribution in [0.25, 0.3) is 6.08 Å². The Bertz CT molecular complexity index is 441. The number of ether oxygens (including phenoxy) is 3. The van der Waals surface area contributed by atoms with Gasteiger partial charge in [0.1, 0.15) is 0 Å². The minimum atomic E-state index is -0.954. The first-order valence-electron chi connectivity index (χ1n) is 7.67. The number of unbranched alkanes of at least 4 members (excludes halogenated alkanes) is 2. The number of hydrogen-bond donors (Lipinski definition) is 0. The molecule has 1 aromatic rings. The highest BCUT2D eigenvalue weighted by molar-refractivity contribution is 5.47. The normalized spacial score (nSPS) is 17.8. The zero-order valence-electron chi connectivity index (χ0n) is 12.7. The summed E-state index contributed by atoms with van der Waals surface area (Å²) in [6.45, 7) is 3.22. The molecule has 114 valence electrons.